The van der Waals surface area contributed by atoms with Crippen molar-refractivity contribution in [2.24, 2.45) is 0 Å². The van der Waals surface area contributed by atoms with Crippen LogP contribution in [0.4, 0.5) is 9.59 Å². The van der Waals surface area contributed by atoms with Gasteiger partial charge in [-0.05, 0) is 57.8 Å². The smallest absolute Gasteiger partial charge is 0.407 e. The quantitative estimate of drug-likeness (QED) is 0.135. The second kappa shape index (κ2) is 23.9. The Labute approximate surface area is 209 Å². The lowest BCUT2D eigenvalue weighted by Crippen LogP contribution is -2.41. The highest BCUT2D eigenvalue weighted by Gasteiger charge is 2.16. The van der Waals surface area contributed by atoms with Gasteiger partial charge in [0.05, 0.1) is 6.61 Å². The number of amides is 4. The Morgan fingerprint density at radius 2 is 1.29 bits per heavy atom. The highest BCUT2D eigenvalue weighted by Crippen LogP contribution is 2.06. The summed E-state index contributed by atoms with van der Waals surface area (Å²) < 4.78 is 14.4. The topological polar surface area (TPSA) is 145 Å². The van der Waals surface area contributed by atoms with Crippen LogP contribution in [-0.4, -0.2) is 74.8 Å². The van der Waals surface area contributed by atoms with Gasteiger partial charge >= 0.3 is 12.1 Å². The highest BCUT2D eigenvalue weighted by molar-refractivity contribution is 5.84. The molecule has 11 heteroatoms. The molecule has 0 heterocycles. The third-order valence-electron chi connectivity index (χ3n) is 5.29. The Morgan fingerprint density at radius 3 is 1.86 bits per heavy atom. The fourth-order valence-electron chi connectivity index (χ4n) is 3.27. The molecule has 0 aromatic heterocycles. The van der Waals surface area contributed by atoms with Crippen LogP contribution in [-0.2, 0) is 19.0 Å². The van der Waals surface area contributed by atoms with Gasteiger partial charge in [-0.25, -0.2) is 9.59 Å². The van der Waals surface area contributed by atoms with Gasteiger partial charge in [0.15, 0.2) is 0 Å². The van der Waals surface area contributed by atoms with Crippen molar-refractivity contribution >= 4 is 18.5 Å². The normalized spacial score (nSPS) is 9.91. The van der Waals surface area contributed by atoms with Crippen LogP contribution >= 0.6 is 0 Å². The molecule has 0 aliphatic carbocycles. The average Bonchev–Trinajstić information content (AvgIpc) is 2.86. The number of hydrogen-bond acceptors (Lipinski definition) is 8. The van der Waals surface area contributed by atoms with Gasteiger partial charge < -0.3 is 24.4 Å². The summed E-state index contributed by atoms with van der Waals surface area (Å²) in [6, 6.07) is -0.302. The minimum Gasteiger partial charge on any atom is -0.450 e. The molecule has 0 atom stereocenters. The van der Waals surface area contributed by atoms with E-state index in [9.17, 15) is 14.4 Å². The van der Waals surface area contributed by atoms with E-state index >= 15 is 0 Å². The highest BCUT2D eigenvalue weighted by atomic mass is 16.5. The lowest BCUT2D eigenvalue weighted by molar-refractivity contribution is -0.116. The molecule has 0 aromatic carbocycles. The molecule has 0 saturated carbocycles. The summed E-state index contributed by atoms with van der Waals surface area (Å²) in [5.41, 5.74) is 0. The van der Waals surface area contributed by atoms with Crippen LogP contribution < -0.4 is 5.32 Å². The van der Waals surface area contributed by atoms with E-state index in [1.807, 2.05) is 0 Å². The van der Waals surface area contributed by atoms with Crippen LogP contribution in [0.25, 0.3) is 0 Å². The Kier molecular flexibility index (Phi) is 21.7. The minimum absolute atomic E-state index is 0.302. The van der Waals surface area contributed by atoms with Crippen LogP contribution in [0.2, 0.25) is 0 Å². The maximum atomic E-state index is 12.4. The largest absolute Gasteiger partial charge is 0.450 e. The molecule has 0 spiro atoms. The van der Waals surface area contributed by atoms with Gasteiger partial charge in [-0.3, -0.25) is 9.69 Å². The van der Waals surface area contributed by atoms with Crippen molar-refractivity contribution in [1.82, 2.24) is 15.1 Å². The molecule has 0 saturated heterocycles. The molecule has 35 heavy (non-hydrogen) atoms. The third kappa shape index (κ3) is 19.9. The molecule has 0 aromatic rings. The number of nitrogens with zero attached hydrogens (tertiary/aromatic N) is 4. The van der Waals surface area contributed by atoms with Gasteiger partial charge in [-0.15, -0.1) is 0 Å². The van der Waals surface area contributed by atoms with Crippen LogP contribution in [0, 0.1) is 23.0 Å². The number of urea groups is 1. The Balaban J connectivity index is 3.69. The fraction of sp³-hybridized carbons (Fsp3) is 0.792. The lowest BCUT2D eigenvalue weighted by Gasteiger charge is -2.23. The Hall–Kier alpha value is -3.21. The molecule has 0 fully saturated rings. The van der Waals surface area contributed by atoms with Crippen LogP contribution in [0.15, 0.2) is 0 Å². The first-order valence-corrected chi connectivity index (χ1v) is 12.5. The van der Waals surface area contributed by atoms with Gasteiger partial charge in [0.2, 0.25) is 6.41 Å². The molecule has 0 aliphatic heterocycles. The van der Waals surface area contributed by atoms with Crippen LogP contribution in [0.5, 0.6) is 0 Å². The molecule has 11 nitrogen and oxygen atoms in total. The predicted octanol–water partition coefficient (Wildman–Crippen LogP) is 3.90. The molecular weight excluding hydrogens is 454 g/mol. The molecule has 198 valence electrons. The zero-order chi connectivity index (χ0) is 26.0. The van der Waals surface area contributed by atoms with Crippen molar-refractivity contribution < 1.29 is 28.6 Å². The lowest BCUT2D eigenvalue weighted by atomic mass is 10.2. The maximum Gasteiger partial charge on any atom is 0.407 e. The summed E-state index contributed by atoms with van der Waals surface area (Å²) >= 11 is 0. The first kappa shape index (κ1) is 31.8. The summed E-state index contributed by atoms with van der Waals surface area (Å²) in [5, 5.41) is 19.3. The summed E-state index contributed by atoms with van der Waals surface area (Å²) in [4.78, 5) is 38.1. The number of unbranched alkanes of at least 4 members (excludes halogenated alkanes) is 9. The summed E-state index contributed by atoms with van der Waals surface area (Å²) in [6.45, 7) is 2.68. The van der Waals surface area contributed by atoms with Gasteiger partial charge in [0, 0.05) is 26.7 Å². The second-order valence-corrected chi connectivity index (χ2v) is 8.19. The molecule has 0 rings (SSSR count). The van der Waals surface area contributed by atoms with Gasteiger partial charge in [-0.1, -0.05) is 19.3 Å². The average molecular weight is 496 g/mol. The van der Waals surface area contributed by atoms with Crippen molar-refractivity contribution in [3.8, 4) is 12.5 Å². The number of alkyl carbamates (subject to hydrolysis) is 1. The van der Waals surface area contributed by atoms with Crippen molar-refractivity contribution in [3.05, 3.63) is 0 Å². The van der Waals surface area contributed by atoms with E-state index in [-0.39, 0.29) is 6.03 Å². The fourth-order valence-corrected chi connectivity index (χ4v) is 3.27. The van der Waals surface area contributed by atoms with E-state index in [1.165, 1.54) is 4.90 Å². The number of ether oxygens (including phenoxy) is 3. The van der Waals surface area contributed by atoms with Crippen LogP contribution in [0.3, 0.4) is 0 Å². The monoisotopic (exact) mass is 495 g/mol. The molecule has 4 amide bonds. The summed E-state index contributed by atoms with van der Waals surface area (Å²) in [7, 11) is 1.69. The number of imide groups is 1. The number of nitriles is 2. The van der Waals surface area contributed by atoms with E-state index < -0.39 is 6.09 Å². The zero-order valence-electron chi connectivity index (χ0n) is 21.0. The molecule has 1 N–H and O–H groups in total. The Morgan fingerprint density at radius 1 is 0.771 bits per heavy atom. The van der Waals surface area contributed by atoms with Crippen molar-refractivity contribution in [2.75, 3.05) is 46.5 Å². The standard InChI is InChI=1S/C24H41N5O6/c1-28(15-9-3-6-12-18-34-21-26)24(32)29(22-30)16-10-4-7-13-19-35-23(31)27-14-8-2-5-11-17-33-20-25/h22H,2-19H2,1H3,(H,27,31). The molecule has 0 aliphatic rings. The van der Waals surface area contributed by atoms with Crippen molar-refractivity contribution in [3.63, 3.8) is 0 Å². The van der Waals surface area contributed by atoms with E-state index in [2.05, 4.69) is 14.8 Å². The molecular formula is C24H41N5O6. The molecule has 0 unspecified atom stereocenters. The van der Waals surface area contributed by atoms with E-state index in [0.29, 0.717) is 52.3 Å². The molecule has 0 radical (unpaired) electrons. The first-order valence-electron chi connectivity index (χ1n) is 12.5. The summed E-state index contributed by atoms with van der Waals surface area (Å²) in [6.07, 6.45) is 13.6. The number of carbonyl (C=O) groups excluding carboxylic acids is 3. The van der Waals surface area contributed by atoms with Gasteiger partial charge in [0.25, 0.3) is 12.5 Å². The zero-order valence-corrected chi connectivity index (χ0v) is 21.0. The third-order valence-corrected chi connectivity index (χ3v) is 5.29. The first-order chi connectivity index (χ1) is 17.1. The number of nitrogens with one attached hydrogen (secondary N) is 1. The number of hydrogen-bond donors (Lipinski definition) is 1. The predicted molar refractivity (Wildman–Crippen MR) is 129 cm³/mol. The van der Waals surface area contributed by atoms with Crippen LogP contribution in [0.1, 0.15) is 77.0 Å². The number of carbonyl (C=O) groups is 3. The second-order valence-electron chi connectivity index (χ2n) is 8.19. The minimum atomic E-state index is -0.422. The number of rotatable bonds is 22. The van der Waals surface area contributed by atoms with Crippen molar-refractivity contribution in [1.29, 1.82) is 10.5 Å². The Bertz CT molecular complexity index is 649. The van der Waals surface area contributed by atoms with Gasteiger partial charge in [-0.2, -0.15) is 10.5 Å². The molecule has 0 bridgehead atoms. The summed E-state index contributed by atoms with van der Waals surface area (Å²) in [5.74, 6) is 0. The SMILES string of the molecule is CN(CCCCCCOC#N)C(=O)N(C=O)CCCCCCOC(=O)NCCCCCCOC#N. The van der Waals surface area contributed by atoms with E-state index in [0.717, 1.165) is 70.6 Å². The van der Waals surface area contributed by atoms with E-state index in [4.69, 9.17) is 15.3 Å². The maximum absolute atomic E-state index is 12.4. The van der Waals surface area contributed by atoms with E-state index in [1.54, 1.807) is 24.5 Å². The van der Waals surface area contributed by atoms with Gasteiger partial charge in [0.1, 0.15) is 13.2 Å². The van der Waals surface area contributed by atoms with Crippen molar-refractivity contribution in [2.45, 2.75) is 77.0 Å².